The number of para-hydroxylation sites is 2. The molecule has 0 heterocycles. The maximum atomic E-state index is 13.8. The highest BCUT2D eigenvalue weighted by atomic mass is 32.2. The molecule has 0 N–H and O–H groups in total. The second-order valence-electron chi connectivity index (χ2n) is 7.53. The fraction of sp³-hybridized carbons (Fsp3) is 0.0741. The monoisotopic (exact) mass is 456 g/mol. The van der Waals surface area contributed by atoms with Crippen molar-refractivity contribution < 1.29 is 13.2 Å². The Morgan fingerprint density at radius 1 is 0.697 bits per heavy atom. The lowest BCUT2D eigenvalue weighted by Gasteiger charge is -2.28. The van der Waals surface area contributed by atoms with Crippen molar-refractivity contribution in [1.29, 1.82) is 0 Å². The molecule has 0 atom stereocenters. The van der Waals surface area contributed by atoms with Gasteiger partial charge in [0.15, 0.2) is 0 Å². The number of amides is 1. The van der Waals surface area contributed by atoms with Crippen molar-refractivity contribution in [3.63, 3.8) is 0 Å². The molecule has 5 nitrogen and oxygen atoms in total. The molecule has 6 heteroatoms. The molecular formula is C27H24N2O3S. The number of nitrogens with zero attached hydrogens (tertiary/aromatic N) is 2. The van der Waals surface area contributed by atoms with Crippen LogP contribution in [0.5, 0.6) is 0 Å². The Labute approximate surface area is 194 Å². The topological polar surface area (TPSA) is 57.7 Å². The van der Waals surface area contributed by atoms with Gasteiger partial charge in [0.25, 0.3) is 15.9 Å². The highest BCUT2D eigenvalue weighted by Crippen LogP contribution is 2.30. The molecule has 166 valence electrons. The van der Waals surface area contributed by atoms with Gasteiger partial charge in [-0.2, -0.15) is 0 Å². The van der Waals surface area contributed by atoms with Gasteiger partial charge in [-0.3, -0.25) is 9.10 Å². The zero-order valence-electron chi connectivity index (χ0n) is 18.2. The van der Waals surface area contributed by atoms with Crippen LogP contribution >= 0.6 is 0 Å². The molecule has 0 aliphatic rings. The van der Waals surface area contributed by atoms with Crippen LogP contribution in [0.4, 0.5) is 11.4 Å². The molecule has 0 radical (unpaired) electrons. The molecule has 0 fully saturated rings. The Kier molecular flexibility index (Phi) is 6.56. The first kappa shape index (κ1) is 22.3. The van der Waals surface area contributed by atoms with E-state index in [1.807, 2.05) is 60.7 Å². The first-order valence-electron chi connectivity index (χ1n) is 10.5. The molecule has 0 unspecified atom stereocenters. The lowest BCUT2D eigenvalue weighted by molar-refractivity contribution is 0.0993. The molecule has 0 aromatic heterocycles. The molecule has 0 aliphatic heterocycles. The summed E-state index contributed by atoms with van der Waals surface area (Å²) in [7, 11) is -2.25. The Morgan fingerprint density at radius 3 is 1.85 bits per heavy atom. The van der Waals surface area contributed by atoms with Crippen LogP contribution in [0.15, 0.2) is 120 Å². The van der Waals surface area contributed by atoms with E-state index in [1.54, 1.807) is 61.6 Å². The highest BCUT2D eigenvalue weighted by Gasteiger charge is 2.29. The van der Waals surface area contributed by atoms with Gasteiger partial charge in [-0.15, -0.1) is 0 Å². The predicted molar refractivity (Wildman–Crippen MR) is 132 cm³/mol. The fourth-order valence-electron chi connectivity index (χ4n) is 3.59. The summed E-state index contributed by atoms with van der Waals surface area (Å²) in [6.07, 6.45) is 0. The van der Waals surface area contributed by atoms with E-state index in [-0.39, 0.29) is 17.3 Å². The van der Waals surface area contributed by atoms with E-state index in [9.17, 15) is 13.2 Å². The van der Waals surface area contributed by atoms with Crippen LogP contribution in [0.3, 0.4) is 0 Å². The summed E-state index contributed by atoms with van der Waals surface area (Å²) in [5.41, 5.74) is 2.17. The number of sulfonamides is 1. The number of anilines is 2. The zero-order chi connectivity index (χ0) is 23.3. The quantitative estimate of drug-likeness (QED) is 0.376. The van der Waals surface area contributed by atoms with Crippen molar-refractivity contribution in [1.82, 2.24) is 0 Å². The summed E-state index contributed by atoms with van der Waals surface area (Å²) in [5, 5.41) is 0. The van der Waals surface area contributed by atoms with Crippen LogP contribution in [-0.4, -0.2) is 21.4 Å². The van der Waals surface area contributed by atoms with Crippen LogP contribution in [0, 0.1) is 0 Å². The molecule has 1 amide bonds. The first-order chi connectivity index (χ1) is 16.0. The summed E-state index contributed by atoms with van der Waals surface area (Å²) in [5.74, 6) is -0.293. The minimum Gasteiger partial charge on any atom is -0.311 e. The number of carbonyl (C=O) groups excluding carboxylic acids is 1. The van der Waals surface area contributed by atoms with Gasteiger partial charge in [-0.25, -0.2) is 8.42 Å². The van der Waals surface area contributed by atoms with Crippen molar-refractivity contribution in [3.05, 3.63) is 126 Å². The Balaban J connectivity index is 1.82. The third-order valence-electron chi connectivity index (χ3n) is 5.35. The molecule has 0 saturated carbocycles. The van der Waals surface area contributed by atoms with Crippen LogP contribution < -0.4 is 9.21 Å². The largest absolute Gasteiger partial charge is 0.311 e. The Hall–Kier alpha value is -3.90. The number of hydrogen-bond donors (Lipinski definition) is 0. The third kappa shape index (κ3) is 4.81. The summed E-state index contributed by atoms with van der Waals surface area (Å²) < 4.78 is 28.8. The predicted octanol–water partition coefficient (Wildman–Crippen LogP) is 5.36. The number of rotatable bonds is 7. The summed E-state index contributed by atoms with van der Waals surface area (Å²) in [6.45, 7) is 0.0947. The number of hydrogen-bond acceptors (Lipinski definition) is 3. The molecule has 0 aliphatic carbocycles. The second-order valence-corrected chi connectivity index (χ2v) is 9.39. The van der Waals surface area contributed by atoms with E-state index in [1.165, 1.54) is 9.21 Å². The lowest BCUT2D eigenvalue weighted by atomic mass is 10.1. The molecule has 0 spiro atoms. The van der Waals surface area contributed by atoms with Gasteiger partial charge in [0.05, 0.1) is 22.7 Å². The highest BCUT2D eigenvalue weighted by molar-refractivity contribution is 7.92. The molecule has 4 rings (SSSR count). The molecule has 4 aromatic carbocycles. The van der Waals surface area contributed by atoms with Gasteiger partial charge in [0, 0.05) is 12.7 Å². The van der Waals surface area contributed by atoms with Gasteiger partial charge in [0.2, 0.25) is 0 Å². The zero-order valence-corrected chi connectivity index (χ0v) is 19.0. The fourth-order valence-corrected chi connectivity index (χ4v) is 5.08. The molecular weight excluding hydrogens is 432 g/mol. The van der Waals surface area contributed by atoms with Gasteiger partial charge >= 0.3 is 0 Å². The Bertz CT molecular complexity index is 1330. The Morgan fingerprint density at radius 2 is 1.21 bits per heavy atom. The maximum absolute atomic E-state index is 13.8. The van der Waals surface area contributed by atoms with Crippen molar-refractivity contribution >= 4 is 27.3 Å². The third-order valence-corrected chi connectivity index (χ3v) is 7.13. The average molecular weight is 457 g/mol. The second kappa shape index (κ2) is 9.71. The summed E-state index contributed by atoms with van der Waals surface area (Å²) in [6, 6.07) is 33.7. The SMILES string of the molecule is CN(C(=O)c1ccccc1N(Cc1ccccc1)S(=O)(=O)c1ccccc1)c1ccccc1. The summed E-state index contributed by atoms with van der Waals surface area (Å²) >= 11 is 0. The van der Waals surface area contributed by atoms with E-state index < -0.39 is 10.0 Å². The lowest BCUT2D eigenvalue weighted by Crippen LogP contribution is -2.34. The van der Waals surface area contributed by atoms with Crippen LogP contribution in [0.2, 0.25) is 0 Å². The molecule has 0 saturated heterocycles. The summed E-state index contributed by atoms with van der Waals surface area (Å²) in [4.78, 5) is 15.2. The van der Waals surface area contributed by atoms with Crippen molar-refractivity contribution in [2.45, 2.75) is 11.4 Å². The van der Waals surface area contributed by atoms with Crippen LogP contribution in [0.25, 0.3) is 0 Å². The van der Waals surface area contributed by atoms with Gasteiger partial charge < -0.3 is 4.90 Å². The van der Waals surface area contributed by atoms with Crippen molar-refractivity contribution in [2.24, 2.45) is 0 Å². The van der Waals surface area contributed by atoms with Gasteiger partial charge in [0.1, 0.15) is 0 Å². The minimum absolute atomic E-state index is 0.0947. The first-order valence-corrected chi connectivity index (χ1v) is 12.0. The minimum atomic E-state index is -3.94. The standard InChI is InChI=1S/C27H24N2O3S/c1-28(23-15-7-3-8-16-23)27(30)25-19-11-12-20-26(25)29(21-22-13-5-2-6-14-22)33(31,32)24-17-9-4-10-18-24/h2-20H,21H2,1H3. The van der Waals surface area contributed by atoms with E-state index in [0.717, 1.165) is 11.3 Å². The van der Waals surface area contributed by atoms with E-state index in [0.29, 0.717) is 11.3 Å². The molecule has 33 heavy (non-hydrogen) atoms. The molecule has 0 bridgehead atoms. The normalized spacial score (nSPS) is 11.1. The van der Waals surface area contributed by atoms with Crippen LogP contribution in [0.1, 0.15) is 15.9 Å². The van der Waals surface area contributed by atoms with Crippen molar-refractivity contribution in [2.75, 3.05) is 16.3 Å². The van der Waals surface area contributed by atoms with E-state index in [4.69, 9.17) is 0 Å². The molecule has 4 aromatic rings. The average Bonchev–Trinajstić information content (AvgIpc) is 2.88. The van der Waals surface area contributed by atoms with E-state index in [2.05, 4.69) is 0 Å². The maximum Gasteiger partial charge on any atom is 0.264 e. The van der Waals surface area contributed by atoms with Crippen molar-refractivity contribution in [3.8, 4) is 0 Å². The van der Waals surface area contributed by atoms with Gasteiger partial charge in [-0.1, -0.05) is 78.9 Å². The number of carbonyl (C=O) groups is 1. The van der Waals surface area contributed by atoms with Gasteiger partial charge in [-0.05, 0) is 42.0 Å². The van der Waals surface area contributed by atoms with E-state index >= 15 is 0 Å². The smallest absolute Gasteiger partial charge is 0.264 e. The van der Waals surface area contributed by atoms with Crippen LogP contribution in [-0.2, 0) is 16.6 Å². The number of benzene rings is 4.